The van der Waals surface area contributed by atoms with Gasteiger partial charge >= 0.3 is 0 Å². The quantitative estimate of drug-likeness (QED) is 0.828. The van der Waals surface area contributed by atoms with E-state index in [-0.39, 0.29) is 6.10 Å². The van der Waals surface area contributed by atoms with Crippen LogP contribution in [0.15, 0.2) is 42.5 Å². The van der Waals surface area contributed by atoms with E-state index in [2.05, 4.69) is 26.0 Å². The molecule has 2 unspecified atom stereocenters. The van der Waals surface area contributed by atoms with Gasteiger partial charge in [-0.1, -0.05) is 32.4 Å². The van der Waals surface area contributed by atoms with E-state index >= 15 is 0 Å². The first-order chi connectivity index (χ1) is 11.6. The third kappa shape index (κ3) is 3.66. The normalized spacial score (nSPS) is 19.7. The predicted molar refractivity (Wildman–Crippen MR) is 95.7 cm³/mol. The third-order valence-electron chi connectivity index (χ3n) is 4.77. The molecule has 1 heterocycles. The van der Waals surface area contributed by atoms with Crippen molar-refractivity contribution in [2.75, 3.05) is 7.11 Å². The van der Waals surface area contributed by atoms with E-state index in [0.29, 0.717) is 17.6 Å². The van der Waals surface area contributed by atoms with E-state index < -0.39 is 0 Å². The zero-order valence-electron chi connectivity index (χ0n) is 14.7. The molecular weight excluding hydrogens is 300 g/mol. The number of ether oxygens (including phenoxy) is 2. The van der Waals surface area contributed by atoms with Crippen LogP contribution in [0.3, 0.4) is 0 Å². The molecule has 3 rings (SSSR count). The van der Waals surface area contributed by atoms with Crippen LogP contribution in [0.1, 0.15) is 43.9 Å². The summed E-state index contributed by atoms with van der Waals surface area (Å²) < 4.78 is 11.6. The Morgan fingerprint density at radius 3 is 2.58 bits per heavy atom. The van der Waals surface area contributed by atoms with Crippen molar-refractivity contribution in [3.63, 3.8) is 0 Å². The number of rotatable bonds is 5. The van der Waals surface area contributed by atoms with Crippen LogP contribution in [0.2, 0.25) is 0 Å². The number of aromatic hydroxyl groups is 1. The Labute approximate surface area is 144 Å². The van der Waals surface area contributed by atoms with Gasteiger partial charge in [0, 0.05) is 5.92 Å². The van der Waals surface area contributed by atoms with E-state index in [9.17, 15) is 5.11 Å². The second-order valence-corrected chi connectivity index (χ2v) is 7.04. The van der Waals surface area contributed by atoms with Crippen molar-refractivity contribution in [3.8, 4) is 17.2 Å². The number of hydrogen-bond acceptors (Lipinski definition) is 3. The topological polar surface area (TPSA) is 38.7 Å². The van der Waals surface area contributed by atoms with Gasteiger partial charge in [0.15, 0.2) is 0 Å². The van der Waals surface area contributed by atoms with Crippen LogP contribution in [-0.2, 0) is 6.42 Å². The van der Waals surface area contributed by atoms with Crippen LogP contribution in [-0.4, -0.2) is 12.2 Å². The van der Waals surface area contributed by atoms with E-state index in [1.165, 1.54) is 12.0 Å². The molecule has 0 amide bonds. The Morgan fingerprint density at radius 1 is 1.17 bits per heavy atom. The van der Waals surface area contributed by atoms with Crippen LogP contribution >= 0.6 is 0 Å². The molecule has 24 heavy (non-hydrogen) atoms. The van der Waals surface area contributed by atoms with Crippen LogP contribution in [0.5, 0.6) is 17.2 Å². The molecule has 0 saturated carbocycles. The highest BCUT2D eigenvalue weighted by Gasteiger charge is 2.31. The molecule has 3 heteroatoms. The van der Waals surface area contributed by atoms with Crippen molar-refractivity contribution in [1.29, 1.82) is 0 Å². The Kier molecular flexibility index (Phi) is 4.98. The van der Waals surface area contributed by atoms with Gasteiger partial charge in [-0.2, -0.15) is 0 Å². The predicted octanol–water partition coefficient (Wildman–Crippen LogP) is 5.13. The van der Waals surface area contributed by atoms with E-state index in [4.69, 9.17) is 9.47 Å². The van der Waals surface area contributed by atoms with Crippen molar-refractivity contribution in [3.05, 3.63) is 53.6 Å². The third-order valence-corrected chi connectivity index (χ3v) is 4.77. The largest absolute Gasteiger partial charge is 0.508 e. The van der Waals surface area contributed by atoms with Gasteiger partial charge < -0.3 is 14.6 Å². The summed E-state index contributed by atoms with van der Waals surface area (Å²) in [6.07, 6.45) is 3.28. The van der Waals surface area contributed by atoms with Gasteiger partial charge in [0.2, 0.25) is 0 Å². The Hall–Kier alpha value is -2.16. The maximum atomic E-state index is 9.76. The summed E-state index contributed by atoms with van der Waals surface area (Å²) in [5.74, 6) is 3.14. The average molecular weight is 326 g/mol. The van der Waals surface area contributed by atoms with Gasteiger partial charge in [0.25, 0.3) is 0 Å². The van der Waals surface area contributed by atoms with Gasteiger partial charge in [-0.3, -0.25) is 0 Å². The molecule has 0 aromatic heterocycles. The molecule has 3 nitrogen and oxygen atoms in total. The number of methoxy groups -OCH3 is 1. The minimum Gasteiger partial charge on any atom is -0.508 e. The van der Waals surface area contributed by atoms with E-state index in [1.807, 2.05) is 24.3 Å². The highest BCUT2D eigenvalue weighted by Crippen LogP contribution is 2.42. The summed E-state index contributed by atoms with van der Waals surface area (Å²) in [6, 6.07) is 13.6. The number of benzene rings is 2. The van der Waals surface area contributed by atoms with E-state index in [1.54, 1.807) is 13.2 Å². The fourth-order valence-electron chi connectivity index (χ4n) is 3.40. The SMILES string of the molecule is COc1ccc(C2Oc3ccc(O)cc3CC2CCC(C)C)cc1. The average Bonchev–Trinajstić information content (AvgIpc) is 2.59. The highest BCUT2D eigenvalue weighted by molar-refractivity contribution is 5.42. The van der Waals surface area contributed by atoms with Crippen LogP contribution in [0.4, 0.5) is 0 Å². The maximum Gasteiger partial charge on any atom is 0.127 e. The zero-order valence-corrected chi connectivity index (χ0v) is 14.7. The Morgan fingerprint density at radius 2 is 1.92 bits per heavy atom. The summed E-state index contributed by atoms with van der Waals surface area (Å²) >= 11 is 0. The number of phenols is 1. The summed E-state index contributed by atoms with van der Waals surface area (Å²) in [7, 11) is 1.68. The van der Waals surface area contributed by atoms with Crippen LogP contribution < -0.4 is 9.47 Å². The molecule has 0 bridgehead atoms. The molecule has 0 fully saturated rings. The smallest absolute Gasteiger partial charge is 0.127 e. The molecular formula is C21H26O3. The van der Waals surface area contributed by atoms with Gasteiger partial charge in [-0.25, -0.2) is 0 Å². The lowest BCUT2D eigenvalue weighted by atomic mass is 9.82. The molecule has 0 radical (unpaired) electrons. The molecule has 2 aromatic carbocycles. The molecule has 0 spiro atoms. The first-order valence-corrected chi connectivity index (χ1v) is 8.69. The maximum absolute atomic E-state index is 9.76. The summed E-state index contributed by atoms with van der Waals surface area (Å²) in [6.45, 7) is 4.51. The first-order valence-electron chi connectivity index (χ1n) is 8.69. The summed E-state index contributed by atoms with van der Waals surface area (Å²) in [5, 5.41) is 9.76. The van der Waals surface area contributed by atoms with Crippen molar-refractivity contribution in [2.45, 2.75) is 39.2 Å². The van der Waals surface area contributed by atoms with Gasteiger partial charge in [0.05, 0.1) is 7.11 Å². The molecule has 2 aromatic rings. The Balaban J connectivity index is 1.89. The van der Waals surface area contributed by atoms with Crippen molar-refractivity contribution < 1.29 is 14.6 Å². The number of phenolic OH excluding ortho intramolecular Hbond substituents is 1. The number of hydrogen-bond donors (Lipinski definition) is 1. The van der Waals surface area contributed by atoms with Crippen molar-refractivity contribution >= 4 is 0 Å². The van der Waals surface area contributed by atoms with Gasteiger partial charge in [-0.05, 0) is 60.2 Å². The van der Waals surface area contributed by atoms with Gasteiger partial charge in [-0.15, -0.1) is 0 Å². The lowest BCUT2D eigenvalue weighted by Crippen LogP contribution is -2.26. The minimum atomic E-state index is 0.0479. The molecule has 1 aliphatic heterocycles. The van der Waals surface area contributed by atoms with Crippen molar-refractivity contribution in [1.82, 2.24) is 0 Å². The molecule has 0 saturated heterocycles. The summed E-state index contributed by atoms with van der Waals surface area (Å²) in [5.41, 5.74) is 2.29. The van der Waals surface area contributed by atoms with Crippen LogP contribution in [0, 0.1) is 11.8 Å². The Bertz CT molecular complexity index is 676. The molecule has 0 aliphatic carbocycles. The monoisotopic (exact) mass is 326 g/mol. The van der Waals surface area contributed by atoms with Crippen LogP contribution in [0.25, 0.3) is 0 Å². The molecule has 1 aliphatic rings. The molecule has 128 valence electrons. The lowest BCUT2D eigenvalue weighted by molar-refractivity contribution is 0.104. The van der Waals surface area contributed by atoms with Gasteiger partial charge in [0.1, 0.15) is 23.4 Å². The highest BCUT2D eigenvalue weighted by atomic mass is 16.5. The fraction of sp³-hybridized carbons (Fsp3) is 0.429. The lowest BCUT2D eigenvalue weighted by Gasteiger charge is -2.34. The first kappa shape index (κ1) is 16.7. The minimum absolute atomic E-state index is 0.0479. The summed E-state index contributed by atoms with van der Waals surface area (Å²) in [4.78, 5) is 0. The molecule has 1 N–H and O–H groups in total. The van der Waals surface area contributed by atoms with E-state index in [0.717, 1.165) is 29.9 Å². The number of fused-ring (bicyclic) bond motifs is 1. The second-order valence-electron chi connectivity index (χ2n) is 7.04. The second kappa shape index (κ2) is 7.16. The fourth-order valence-corrected chi connectivity index (χ4v) is 3.40. The zero-order chi connectivity index (χ0) is 17.1. The molecule has 2 atom stereocenters. The standard InChI is InChI=1S/C21H26O3/c1-14(2)4-5-16-12-17-13-18(22)8-11-20(17)24-21(16)15-6-9-19(23-3)10-7-15/h6-11,13-14,16,21-22H,4-5,12H2,1-3H3. The van der Waals surface area contributed by atoms with Crippen molar-refractivity contribution in [2.24, 2.45) is 11.8 Å².